The Kier molecular flexibility index (Phi) is 6.64. The average Bonchev–Trinajstić information content (AvgIpc) is 2.71. The number of hydrogen-bond acceptors (Lipinski definition) is 4. The summed E-state index contributed by atoms with van der Waals surface area (Å²) >= 11 is 0. The van der Waals surface area contributed by atoms with Crippen LogP contribution in [0.15, 0.2) is 4.99 Å². The molecule has 1 aromatic rings. The number of fused-ring (bicyclic) bond motifs is 1. The molecule has 0 saturated carbocycles. The van der Waals surface area contributed by atoms with Crippen molar-refractivity contribution in [2.75, 3.05) is 20.3 Å². The van der Waals surface area contributed by atoms with Gasteiger partial charge in [-0.1, -0.05) is 6.42 Å². The van der Waals surface area contributed by atoms with Crippen LogP contribution in [-0.2, 0) is 24.1 Å². The fourth-order valence-corrected chi connectivity index (χ4v) is 2.76. The highest BCUT2D eigenvalue weighted by Crippen LogP contribution is 2.15. The first kappa shape index (κ1) is 16.7. The Morgan fingerprint density at radius 1 is 1.41 bits per heavy atom. The Morgan fingerprint density at radius 2 is 2.27 bits per heavy atom. The van der Waals surface area contributed by atoms with Crippen LogP contribution in [0, 0.1) is 0 Å². The second-order valence-corrected chi connectivity index (χ2v) is 5.87. The molecule has 7 nitrogen and oxygen atoms in total. The summed E-state index contributed by atoms with van der Waals surface area (Å²) in [6.07, 6.45) is 6.62. The van der Waals surface area contributed by atoms with Crippen LogP contribution in [0.4, 0.5) is 0 Å². The number of ether oxygens (including phenoxy) is 1. The molecule has 1 aliphatic heterocycles. The number of nitrogens with one attached hydrogen (secondary N) is 1. The third kappa shape index (κ3) is 4.98. The van der Waals surface area contributed by atoms with Crippen molar-refractivity contribution in [2.45, 2.75) is 58.0 Å². The lowest BCUT2D eigenvalue weighted by Gasteiger charge is -2.13. The van der Waals surface area contributed by atoms with Crippen molar-refractivity contribution in [2.24, 2.45) is 10.7 Å². The fraction of sp³-hybridized carbons (Fsp3) is 0.800. The first-order valence-corrected chi connectivity index (χ1v) is 8.17. The molecule has 0 aliphatic carbocycles. The third-order valence-corrected chi connectivity index (χ3v) is 3.84. The van der Waals surface area contributed by atoms with E-state index in [0.717, 1.165) is 37.5 Å². The Labute approximate surface area is 132 Å². The molecule has 124 valence electrons. The number of nitrogens with two attached hydrogens (primary N) is 1. The monoisotopic (exact) mass is 308 g/mol. The molecule has 3 N–H and O–H groups in total. The molecular weight excluding hydrogens is 280 g/mol. The summed E-state index contributed by atoms with van der Waals surface area (Å²) in [7, 11) is 1.67. The number of methoxy groups -OCH3 is 1. The molecule has 1 atom stereocenters. The standard InChI is InChI=1S/C15H28N6O/c1-12(11-22-2)18-15(16)17-9-6-8-14-20-19-13-7-4-3-5-10-21(13)14/h12H,3-11H2,1-2H3,(H3,16,17,18). The molecule has 1 unspecified atom stereocenters. The Morgan fingerprint density at radius 3 is 3.09 bits per heavy atom. The van der Waals surface area contributed by atoms with E-state index in [-0.39, 0.29) is 6.04 Å². The van der Waals surface area contributed by atoms with Crippen molar-refractivity contribution in [1.29, 1.82) is 0 Å². The quantitative estimate of drug-likeness (QED) is 0.443. The molecule has 0 radical (unpaired) electrons. The van der Waals surface area contributed by atoms with Crippen LogP contribution >= 0.6 is 0 Å². The minimum absolute atomic E-state index is 0.168. The minimum atomic E-state index is 0.168. The van der Waals surface area contributed by atoms with E-state index in [2.05, 4.69) is 25.1 Å². The zero-order chi connectivity index (χ0) is 15.8. The lowest BCUT2D eigenvalue weighted by Crippen LogP contribution is -2.40. The Balaban J connectivity index is 1.76. The molecule has 7 heteroatoms. The molecule has 1 aromatic heterocycles. The maximum Gasteiger partial charge on any atom is 0.188 e. The van der Waals surface area contributed by atoms with Crippen LogP contribution in [0.2, 0.25) is 0 Å². The van der Waals surface area contributed by atoms with Crippen molar-refractivity contribution in [3.8, 4) is 0 Å². The molecule has 1 aliphatic rings. The number of guanidine groups is 1. The molecule has 0 saturated heterocycles. The van der Waals surface area contributed by atoms with Gasteiger partial charge >= 0.3 is 0 Å². The van der Waals surface area contributed by atoms with Crippen molar-refractivity contribution in [1.82, 2.24) is 20.1 Å². The van der Waals surface area contributed by atoms with Gasteiger partial charge in [0, 0.05) is 39.1 Å². The zero-order valence-corrected chi connectivity index (χ0v) is 13.7. The molecule has 22 heavy (non-hydrogen) atoms. The van der Waals surface area contributed by atoms with Gasteiger partial charge in [0.05, 0.1) is 6.61 Å². The SMILES string of the molecule is COCC(C)NC(N)=NCCCc1nnc2n1CCCCC2. The molecule has 0 amide bonds. The van der Waals surface area contributed by atoms with Crippen LogP contribution < -0.4 is 11.1 Å². The van der Waals surface area contributed by atoms with Crippen LogP contribution in [0.5, 0.6) is 0 Å². The van der Waals surface area contributed by atoms with Gasteiger partial charge in [0.1, 0.15) is 11.6 Å². The third-order valence-electron chi connectivity index (χ3n) is 3.84. The van der Waals surface area contributed by atoms with Gasteiger partial charge in [-0.25, -0.2) is 0 Å². The smallest absolute Gasteiger partial charge is 0.188 e. The highest BCUT2D eigenvalue weighted by Gasteiger charge is 2.13. The number of aromatic nitrogens is 3. The lowest BCUT2D eigenvalue weighted by molar-refractivity contribution is 0.179. The summed E-state index contributed by atoms with van der Waals surface area (Å²) in [6, 6.07) is 0.168. The summed E-state index contributed by atoms with van der Waals surface area (Å²) in [5, 5.41) is 11.7. The summed E-state index contributed by atoms with van der Waals surface area (Å²) in [5.74, 6) is 2.71. The highest BCUT2D eigenvalue weighted by atomic mass is 16.5. The summed E-state index contributed by atoms with van der Waals surface area (Å²) in [5.41, 5.74) is 5.85. The number of hydrogen-bond donors (Lipinski definition) is 2. The van der Waals surface area contributed by atoms with Gasteiger partial charge in [-0.05, 0) is 26.2 Å². The van der Waals surface area contributed by atoms with Crippen molar-refractivity contribution < 1.29 is 4.74 Å². The van der Waals surface area contributed by atoms with Crippen LogP contribution in [0.1, 0.15) is 44.3 Å². The molecule has 2 rings (SSSR count). The first-order valence-electron chi connectivity index (χ1n) is 8.17. The topological polar surface area (TPSA) is 90.3 Å². The predicted molar refractivity (Wildman–Crippen MR) is 86.9 cm³/mol. The van der Waals surface area contributed by atoms with Crippen LogP contribution in [-0.4, -0.2) is 47.0 Å². The maximum atomic E-state index is 5.85. The predicted octanol–water partition coefficient (Wildman–Crippen LogP) is 0.876. The summed E-state index contributed by atoms with van der Waals surface area (Å²) in [4.78, 5) is 4.35. The van der Waals surface area contributed by atoms with Gasteiger partial charge < -0.3 is 20.4 Å². The van der Waals surface area contributed by atoms with Crippen molar-refractivity contribution >= 4 is 5.96 Å². The van der Waals surface area contributed by atoms with E-state index in [9.17, 15) is 0 Å². The molecule has 0 bridgehead atoms. The molecular formula is C15H28N6O. The van der Waals surface area contributed by atoms with Gasteiger partial charge in [0.25, 0.3) is 0 Å². The second-order valence-electron chi connectivity index (χ2n) is 5.87. The number of aryl methyl sites for hydroxylation is 2. The van der Waals surface area contributed by atoms with E-state index >= 15 is 0 Å². The Bertz CT molecular complexity index is 484. The summed E-state index contributed by atoms with van der Waals surface area (Å²) in [6.45, 7) is 4.37. The number of rotatable bonds is 7. The van der Waals surface area contributed by atoms with Gasteiger partial charge in [0.15, 0.2) is 5.96 Å². The van der Waals surface area contributed by atoms with Crippen LogP contribution in [0.3, 0.4) is 0 Å². The Hall–Kier alpha value is -1.63. The van der Waals surface area contributed by atoms with E-state index in [0.29, 0.717) is 19.1 Å². The van der Waals surface area contributed by atoms with Gasteiger partial charge in [-0.3, -0.25) is 4.99 Å². The molecule has 2 heterocycles. The van der Waals surface area contributed by atoms with Crippen molar-refractivity contribution in [3.63, 3.8) is 0 Å². The number of nitrogens with zero attached hydrogens (tertiary/aromatic N) is 4. The first-order chi connectivity index (χ1) is 10.7. The van der Waals surface area contributed by atoms with E-state index < -0.39 is 0 Å². The number of aliphatic imine (C=N–C) groups is 1. The van der Waals surface area contributed by atoms with Gasteiger partial charge in [-0.15, -0.1) is 10.2 Å². The van der Waals surface area contributed by atoms with Gasteiger partial charge in [-0.2, -0.15) is 0 Å². The highest BCUT2D eigenvalue weighted by molar-refractivity contribution is 5.78. The van der Waals surface area contributed by atoms with E-state index in [4.69, 9.17) is 10.5 Å². The average molecular weight is 308 g/mol. The molecule has 0 aromatic carbocycles. The van der Waals surface area contributed by atoms with E-state index in [1.54, 1.807) is 7.11 Å². The zero-order valence-electron chi connectivity index (χ0n) is 13.7. The lowest BCUT2D eigenvalue weighted by atomic mass is 10.2. The fourth-order valence-electron chi connectivity index (χ4n) is 2.76. The van der Waals surface area contributed by atoms with E-state index in [1.807, 2.05) is 6.92 Å². The van der Waals surface area contributed by atoms with Crippen LogP contribution in [0.25, 0.3) is 0 Å². The second kappa shape index (κ2) is 8.73. The minimum Gasteiger partial charge on any atom is -0.383 e. The maximum absolute atomic E-state index is 5.85. The van der Waals surface area contributed by atoms with Crippen molar-refractivity contribution in [3.05, 3.63) is 11.6 Å². The molecule has 0 fully saturated rings. The van der Waals surface area contributed by atoms with E-state index in [1.165, 1.54) is 19.3 Å². The van der Waals surface area contributed by atoms with Gasteiger partial charge in [0.2, 0.25) is 0 Å². The largest absolute Gasteiger partial charge is 0.383 e. The molecule has 0 spiro atoms. The normalized spacial score (nSPS) is 16.9. The summed E-state index contributed by atoms with van der Waals surface area (Å²) < 4.78 is 7.34.